The fourth-order valence-electron chi connectivity index (χ4n) is 2.38. The topological polar surface area (TPSA) is 39.1 Å². The molecule has 4 heteroatoms. The number of nitrogens with zero attached hydrogens (tertiary/aromatic N) is 2. The Balaban J connectivity index is 3.16. The van der Waals surface area contributed by atoms with Crippen LogP contribution in [0.4, 0.5) is 5.69 Å². The van der Waals surface area contributed by atoms with Crippen molar-refractivity contribution < 1.29 is 0 Å². The summed E-state index contributed by atoms with van der Waals surface area (Å²) in [6.45, 7) is 10.3. The molecule has 0 saturated heterocycles. The molecule has 0 saturated carbocycles. The Morgan fingerprint density at radius 2 is 2.05 bits per heavy atom. The van der Waals surface area contributed by atoms with Crippen molar-refractivity contribution in [3.63, 3.8) is 0 Å². The monoisotopic (exact) mass is 337 g/mol. The van der Waals surface area contributed by atoms with Crippen LogP contribution < -0.4 is 10.2 Å². The van der Waals surface area contributed by atoms with Crippen molar-refractivity contribution in [2.45, 2.75) is 46.2 Å². The molecule has 0 radical (unpaired) electrons. The van der Waals surface area contributed by atoms with Gasteiger partial charge in [-0.1, -0.05) is 22.9 Å². The highest BCUT2D eigenvalue weighted by Crippen LogP contribution is 2.31. The van der Waals surface area contributed by atoms with Crippen LogP contribution in [0.1, 0.15) is 45.7 Å². The first kappa shape index (κ1) is 17.0. The van der Waals surface area contributed by atoms with E-state index < -0.39 is 0 Å². The van der Waals surface area contributed by atoms with E-state index in [0.29, 0.717) is 12.5 Å². The molecule has 110 valence electrons. The summed E-state index contributed by atoms with van der Waals surface area (Å²) in [6, 6.07) is 9.28. The number of hydrogen-bond acceptors (Lipinski definition) is 3. The second kappa shape index (κ2) is 8.28. The maximum Gasteiger partial charge on any atom is 0.0640 e. The van der Waals surface area contributed by atoms with E-state index in [9.17, 15) is 0 Å². The van der Waals surface area contributed by atoms with E-state index in [2.05, 4.69) is 78.1 Å². The van der Waals surface area contributed by atoms with Gasteiger partial charge in [-0.15, -0.1) is 0 Å². The van der Waals surface area contributed by atoms with Gasteiger partial charge in [-0.05, 0) is 51.1 Å². The maximum absolute atomic E-state index is 8.85. The summed E-state index contributed by atoms with van der Waals surface area (Å²) >= 11 is 3.56. The molecule has 0 heterocycles. The van der Waals surface area contributed by atoms with Crippen LogP contribution in [0.15, 0.2) is 22.7 Å². The highest BCUT2D eigenvalue weighted by Gasteiger charge is 2.17. The van der Waals surface area contributed by atoms with Crippen molar-refractivity contribution in [1.29, 1.82) is 5.26 Å². The molecule has 0 aliphatic rings. The first-order valence-electron chi connectivity index (χ1n) is 7.17. The van der Waals surface area contributed by atoms with Gasteiger partial charge in [-0.3, -0.25) is 0 Å². The Bertz CT molecular complexity index is 465. The Morgan fingerprint density at radius 1 is 1.35 bits per heavy atom. The average molecular weight is 338 g/mol. The molecule has 3 nitrogen and oxygen atoms in total. The Labute approximate surface area is 131 Å². The summed E-state index contributed by atoms with van der Waals surface area (Å²) in [5.41, 5.74) is 2.49. The van der Waals surface area contributed by atoms with Gasteiger partial charge < -0.3 is 10.2 Å². The van der Waals surface area contributed by atoms with Crippen LogP contribution in [0, 0.1) is 11.3 Å². The minimum atomic E-state index is 0.288. The van der Waals surface area contributed by atoms with Crippen LogP contribution in [0.3, 0.4) is 0 Å². The predicted molar refractivity (Wildman–Crippen MR) is 88.9 cm³/mol. The molecule has 1 rings (SSSR count). The standard InChI is InChI=1S/C16H24BrN3/c1-5-19-13(4)15-11-14(17)7-8-16(15)20(12(2)3)10-6-9-18/h7-8,11-13,19H,5-6,10H2,1-4H3. The van der Waals surface area contributed by atoms with Crippen LogP contribution >= 0.6 is 15.9 Å². The molecule has 20 heavy (non-hydrogen) atoms. The number of rotatable bonds is 7. The van der Waals surface area contributed by atoms with E-state index in [1.807, 2.05) is 0 Å². The highest BCUT2D eigenvalue weighted by molar-refractivity contribution is 9.10. The maximum atomic E-state index is 8.85. The normalized spacial score (nSPS) is 12.2. The molecule has 0 aliphatic carbocycles. The summed E-state index contributed by atoms with van der Waals surface area (Å²) in [5, 5.41) is 12.3. The van der Waals surface area contributed by atoms with Crippen LogP contribution in [-0.4, -0.2) is 19.1 Å². The number of nitrogens with one attached hydrogen (secondary N) is 1. The van der Waals surface area contributed by atoms with Gasteiger partial charge in [-0.25, -0.2) is 0 Å². The zero-order chi connectivity index (χ0) is 15.1. The second-order valence-corrected chi connectivity index (χ2v) is 6.09. The van der Waals surface area contributed by atoms with Crippen molar-refractivity contribution in [1.82, 2.24) is 5.32 Å². The van der Waals surface area contributed by atoms with Gasteiger partial charge in [0.2, 0.25) is 0 Å². The van der Waals surface area contributed by atoms with Gasteiger partial charge in [0.25, 0.3) is 0 Å². The van der Waals surface area contributed by atoms with E-state index in [0.717, 1.165) is 17.6 Å². The molecule has 0 spiro atoms. The van der Waals surface area contributed by atoms with Crippen LogP contribution in [0.25, 0.3) is 0 Å². The molecular formula is C16H24BrN3. The van der Waals surface area contributed by atoms with Crippen molar-refractivity contribution in [2.24, 2.45) is 0 Å². The van der Waals surface area contributed by atoms with E-state index in [1.165, 1.54) is 11.3 Å². The van der Waals surface area contributed by atoms with Crippen LogP contribution in [0.5, 0.6) is 0 Å². The Morgan fingerprint density at radius 3 is 2.60 bits per heavy atom. The quantitative estimate of drug-likeness (QED) is 0.808. The largest absolute Gasteiger partial charge is 0.368 e. The molecule has 1 aromatic rings. The zero-order valence-corrected chi connectivity index (χ0v) is 14.4. The summed E-state index contributed by atoms with van der Waals surface area (Å²) < 4.78 is 1.09. The smallest absolute Gasteiger partial charge is 0.0640 e. The Kier molecular flexibility index (Phi) is 7.04. The number of halogens is 1. The third-order valence-corrected chi connectivity index (χ3v) is 3.86. The van der Waals surface area contributed by atoms with E-state index in [1.54, 1.807) is 0 Å². The number of benzene rings is 1. The molecule has 0 bridgehead atoms. The third-order valence-electron chi connectivity index (χ3n) is 3.36. The molecule has 0 fully saturated rings. The highest BCUT2D eigenvalue weighted by atomic mass is 79.9. The van der Waals surface area contributed by atoms with Crippen molar-refractivity contribution >= 4 is 21.6 Å². The second-order valence-electron chi connectivity index (χ2n) is 5.18. The Hall–Kier alpha value is -1.05. The van der Waals surface area contributed by atoms with E-state index in [4.69, 9.17) is 5.26 Å². The van der Waals surface area contributed by atoms with Gasteiger partial charge >= 0.3 is 0 Å². The van der Waals surface area contributed by atoms with Crippen molar-refractivity contribution in [3.8, 4) is 6.07 Å². The van der Waals surface area contributed by atoms with Gasteiger partial charge in [0.15, 0.2) is 0 Å². The third kappa shape index (κ3) is 4.50. The lowest BCUT2D eigenvalue weighted by Gasteiger charge is -2.32. The number of hydrogen-bond donors (Lipinski definition) is 1. The van der Waals surface area contributed by atoms with Gasteiger partial charge in [0.1, 0.15) is 0 Å². The minimum Gasteiger partial charge on any atom is -0.368 e. The van der Waals surface area contributed by atoms with Crippen molar-refractivity contribution in [3.05, 3.63) is 28.2 Å². The van der Waals surface area contributed by atoms with Gasteiger partial charge in [-0.2, -0.15) is 5.26 Å². The fraction of sp³-hybridized carbons (Fsp3) is 0.562. The fourth-order valence-corrected chi connectivity index (χ4v) is 2.76. The summed E-state index contributed by atoms with van der Waals surface area (Å²) in [7, 11) is 0. The average Bonchev–Trinajstić information content (AvgIpc) is 2.40. The van der Waals surface area contributed by atoms with Gasteiger partial charge in [0.05, 0.1) is 12.5 Å². The summed E-state index contributed by atoms with van der Waals surface area (Å²) in [4.78, 5) is 2.30. The lowest BCUT2D eigenvalue weighted by Crippen LogP contribution is -2.33. The van der Waals surface area contributed by atoms with Crippen molar-refractivity contribution in [2.75, 3.05) is 18.0 Å². The zero-order valence-electron chi connectivity index (χ0n) is 12.8. The molecular weight excluding hydrogens is 314 g/mol. The molecule has 0 aromatic heterocycles. The summed E-state index contributed by atoms with van der Waals surface area (Å²) in [6.07, 6.45) is 0.545. The molecule has 1 unspecified atom stereocenters. The summed E-state index contributed by atoms with van der Waals surface area (Å²) in [5.74, 6) is 0. The first-order chi connectivity index (χ1) is 9.51. The lowest BCUT2D eigenvalue weighted by molar-refractivity contribution is 0.590. The molecule has 1 aromatic carbocycles. The number of nitriles is 1. The van der Waals surface area contributed by atoms with E-state index >= 15 is 0 Å². The molecule has 1 N–H and O–H groups in total. The predicted octanol–water partition coefficient (Wildman–Crippen LogP) is 4.25. The van der Waals surface area contributed by atoms with Crippen LogP contribution in [0.2, 0.25) is 0 Å². The molecule has 0 amide bonds. The SMILES string of the molecule is CCNC(C)c1cc(Br)ccc1N(CCC#N)C(C)C. The first-order valence-corrected chi connectivity index (χ1v) is 7.97. The van der Waals surface area contributed by atoms with Gasteiger partial charge in [0, 0.05) is 28.8 Å². The lowest BCUT2D eigenvalue weighted by atomic mass is 10.0. The van der Waals surface area contributed by atoms with Crippen LogP contribution in [-0.2, 0) is 0 Å². The minimum absolute atomic E-state index is 0.288. The van der Waals surface area contributed by atoms with E-state index in [-0.39, 0.29) is 6.04 Å². The molecule has 1 atom stereocenters. The molecule has 0 aliphatic heterocycles. The number of anilines is 1.